The molecule has 1 N–H and O–H groups in total. The summed E-state index contributed by atoms with van der Waals surface area (Å²) in [6, 6.07) is 12.7. The van der Waals surface area contributed by atoms with Gasteiger partial charge in [-0.25, -0.2) is 4.98 Å². The second-order valence-corrected chi connectivity index (χ2v) is 9.71. The van der Waals surface area contributed by atoms with Crippen LogP contribution in [-0.2, 0) is 4.79 Å². The van der Waals surface area contributed by atoms with E-state index >= 15 is 0 Å². The average molecular weight is 444 g/mol. The first-order chi connectivity index (χ1) is 14.1. The van der Waals surface area contributed by atoms with Crippen molar-refractivity contribution in [3.05, 3.63) is 63.4 Å². The number of carbonyl (C=O) groups is 1. The molecule has 1 unspecified atom stereocenters. The summed E-state index contributed by atoms with van der Waals surface area (Å²) in [4.78, 5) is 30.9. The highest BCUT2D eigenvalue weighted by Gasteiger charge is 2.25. The number of aryl methyl sites for hydroxylation is 1. The van der Waals surface area contributed by atoms with Gasteiger partial charge in [-0.2, -0.15) is 0 Å². The van der Waals surface area contributed by atoms with Crippen molar-refractivity contribution in [2.45, 2.75) is 57.0 Å². The number of halogens is 1. The molecular weight excluding hydrogens is 418 g/mol. The van der Waals surface area contributed by atoms with Gasteiger partial charge in [-0.3, -0.25) is 14.2 Å². The molecule has 1 heterocycles. The molecule has 0 bridgehead atoms. The molecule has 30 heavy (non-hydrogen) atoms. The van der Waals surface area contributed by atoms with Gasteiger partial charge in [0.15, 0.2) is 5.16 Å². The number of para-hydroxylation sites is 1. The number of aromatic nitrogens is 2. The summed E-state index contributed by atoms with van der Waals surface area (Å²) >= 11 is 7.39. The lowest BCUT2D eigenvalue weighted by Gasteiger charge is -2.26. The van der Waals surface area contributed by atoms with E-state index in [9.17, 15) is 9.59 Å². The predicted octanol–water partition coefficient (Wildman–Crippen LogP) is 5.13. The normalized spacial score (nSPS) is 12.7. The molecule has 1 atom stereocenters. The molecule has 0 radical (unpaired) electrons. The van der Waals surface area contributed by atoms with Crippen LogP contribution in [0.3, 0.4) is 0 Å². The molecule has 0 spiro atoms. The van der Waals surface area contributed by atoms with Gasteiger partial charge in [0.05, 0.1) is 21.8 Å². The van der Waals surface area contributed by atoms with Crippen LogP contribution in [0.4, 0.5) is 0 Å². The number of thioether (sulfide) groups is 1. The zero-order chi connectivity index (χ0) is 22.1. The number of carbonyl (C=O) groups excluding carboxylic acids is 1. The number of fused-ring (bicyclic) bond motifs is 1. The van der Waals surface area contributed by atoms with Gasteiger partial charge >= 0.3 is 0 Å². The van der Waals surface area contributed by atoms with Crippen LogP contribution < -0.4 is 10.9 Å². The fourth-order valence-corrected chi connectivity index (χ4v) is 4.07. The van der Waals surface area contributed by atoms with Gasteiger partial charge in [-0.15, -0.1) is 0 Å². The van der Waals surface area contributed by atoms with Crippen LogP contribution in [0, 0.1) is 6.92 Å². The minimum Gasteiger partial charge on any atom is -0.350 e. The minimum absolute atomic E-state index is 0.0939. The Kier molecular flexibility index (Phi) is 6.58. The topological polar surface area (TPSA) is 64.0 Å². The van der Waals surface area contributed by atoms with Gasteiger partial charge in [0.1, 0.15) is 0 Å². The SMILES string of the molecule is CCC(C)(C)NC(=O)C(C)Sc1nc2cc(Cl)ccc2c(=O)n1-c1ccccc1C. The maximum absolute atomic E-state index is 13.4. The first kappa shape index (κ1) is 22.4. The summed E-state index contributed by atoms with van der Waals surface area (Å²) < 4.78 is 1.59. The number of benzene rings is 2. The molecule has 2 aromatic carbocycles. The second-order valence-electron chi connectivity index (χ2n) is 7.97. The fraction of sp³-hybridized carbons (Fsp3) is 0.348. The molecule has 0 fully saturated rings. The highest BCUT2D eigenvalue weighted by atomic mass is 35.5. The van der Waals surface area contributed by atoms with Gasteiger partial charge in [-0.1, -0.05) is 48.5 Å². The van der Waals surface area contributed by atoms with Gasteiger partial charge in [0.25, 0.3) is 5.56 Å². The Morgan fingerprint density at radius 3 is 2.63 bits per heavy atom. The van der Waals surface area contributed by atoms with Crippen LogP contribution >= 0.6 is 23.4 Å². The first-order valence-electron chi connectivity index (χ1n) is 9.90. The highest BCUT2D eigenvalue weighted by molar-refractivity contribution is 8.00. The van der Waals surface area contributed by atoms with Crippen molar-refractivity contribution in [3.8, 4) is 5.69 Å². The van der Waals surface area contributed by atoms with E-state index < -0.39 is 5.25 Å². The Balaban J connectivity index is 2.13. The lowest BCUT2D eigenvalue weighted by molar-refractivity contribution is -0.121. The van der Waals surface area contributed by atoms with Crippen molar-refractivity contribution < 1.29 is 4.79 Å². The summed E-state index contributed by atoms with van der Waals surface area (Å²) in [6.07, 6.45) is 0.816. The number of nitrogens with one attached hydrogen (secondary N) is 1. The highest BCUT2D eigenvalue weighted by Crippen LogP contribution is 2.27. The van der Waals surface area contributed by atoms with Gasteiger partial charge in [0, 0.05) is 10.6 Å². The molecule has 0 aliphatic carbocycles. The zero-order valence-corrected chi connectivity index (χ0v) is 19.4. The number of rotatable bonds is 6. The molecule has 158 valence electrons. The van der Waals surface area contributed by atoms with Gasteiger partial charge in [-0.05, 0) is 63.9 Å². The lowest BCUT2D eigenvalue weighted by atomic mass is 10.0. The van der Waals surface area contributed by atoms with E-state index in [4.69, 9.17) is 16.6 Å². The van der Waals surface area contributed by atoms with Crippen molar-refractivity contribution >= 4 is 40.2 Å². The van der Waals surface area contributed by atoms with Crippen molar-refractivity contribution in [2.75, 3.05) is 0 Å². The molecule has 1 aromatic heterocycles. The van der Waals surface area contributed by atoms with Gasteiger partial charge in [0.2, 0.25) is 5.91 Å². The minimum atomic E-state index is -0.436. The standard InChI is InChI=1S/C23H26ClN3O2S/c1-6-23(4,5)26-20(28)15(3)30-22-25-18-13-16(24)11-12-17(18)21(29)27(22)19-10-8-7-9-14(19)2/h7-13,15H,6H2,1-5H3,(H,26,28). The maximum atomic E-state index is 13.4. The molecule has 5 nitrogen and oxygen atoms in total. The second kappa shape index (κ2) is 8.82. The predicted molar refractivity (Wildman–Crippen MR) is 125 cm³/mol. The fourth-order valence-electron chi connectivity index (χ4n) is 2.98. The molecule has 1 amide bonds. The molecule has 0 aliphatic heterocycles. The number of amides is 1. The molecule has 3 aromatic rings. The molecule has 0 saturated heterocycles. The quantitative estimate of drug-likeness (QED) is 0.423. The lowest BCUT2D eigenvalue weighted by Crippen LogP contribution is -2.46. The molecule has 3 rings (SSSR count). The van der Waals surface area contributed by atoms with E-state index in [1.807, 2.05) is 58.9 Å². The molecular formula is C23H26ClN3O2S. The van der Waals surface area contributed by atoms with E-state index in [0.29, 0.717) is 21.1 Å². The molecule has 0 saturated carbocycles. The third-order valence-corrected chi connectivity index (χ3v) is 6.44. The summed E-state index contributed by atoms with van der Waals surface area (Å²) in [5.74, 6) is -0.0939. The van der Waals surface area contributed by atoms with Crippen molar-refractivity contribution in [2.24, 2.45) is 0 Å². The largest absolute Gasteiger partial charge is 0.350 e. The number of nitrogens with zero attached hydrogens (tertiary/aromatic N) is 2. The Labute approximate surface area is 185 Å². The van der Waals surface area contributed by atoms with E-state index in [1.165, 1.54) is 11.8 Å². The summed E-state index contributed by atoms with van der Waals surface area (Å²) in [5, 5.41) is 4.08. The third kappa shape index (κ3) is 4.71. The summed E-state index contributed by atoms with van der Waals surface area (Å²) in [6.45, 7) is 9.77. The van der Waals surface area contributed by atoms with E-state index in [2.05, 4.69) is 5.32 Å². The van der Waals surface area contributed by atoms with Crippen LogP contribution in [0.2, 0.25) is 5.02 Å². The van der Waals surface area contributed by atoms with E-state index in [-0.39, 0.29) is 17.0 Å². The zero-order valence-electron chi connectivity index (χ0n) is 17.8. The average Bonchev–Trinajstić information content (AvgIpc) is 2.68. The first-order valence-corrected chi connectivity index (χ1v) is 11.2. The van der Waals surface area contributed by atoms with Crippen LogP contribution in [0.25, 0.3) is 16.6 Å². The monoisotopic (exact) mass is 443 g/mol. The number of hydrogen-bond acceptors (Lipinski definition) is 4. The van der Waals surface area contributed by atoms with Crippen LogP contribution in [0.5, 0.6) is 0 Å². The summed E-state index contributed by atoms with van der Waals surface area (Å²) in [5.41, 5.74) is 1.72. The number of hydrogen-bond donors (Lipinski definition) is 1. The van der Waals surface area contributed by atoms with Crippen LogP contribution in [-0.4, -0.2) is 26.2 Å². The van der Waals surface area contributed by atoms with E-state index in [0.717, 1.165) is 17.7 Å². The Bertz CT molecular complexity index is 1160. The van der Waals surface area contributed by atoms with Gasteiger partial charge < -0.3 is 5.32 Å². The van der Waals surface area contributed by atoms with Crippen molar-refractivity contribution in [1.82, 2.24) is 14.9 Å². The Morgan fingerprint density at radius 2 is 1.97 bits per heavy atom. The molecule has 7 heteroatoms. The third-order valence-electron chi connectivity index (χ3n) is 5.15. The van der Waals surface area contributed by atoms with Crippen LogP contribution in [0.1, 0.15) is 39.7 Å². The summed E-state index contributed by atoms with van der Waals surface area (Å²) in [7, 11) is 0. The smallest absolute Gasteiger partial charge is 0.266 e. The maximum Gasteiger partial charge on any atom is 0.266 e. The van der Waals surface area contributed by atoms with Crippen molar-refractivity contribution in [1.29, 1.82) is 0 Å². The Morgan fingerprint density at radius 1 is 1.27 bits per heavy atom. The molecule has 0 aliphatic rings. The van der Waals surface area contributed by atoms with Crippen LogP contribution in [0.15, 0.2) is 52.4 Å². The Hall–Kier alpha value is -2.31. The van der Waals surface area contributed by atoms with Crippen molar-refractivity contribution in [3.63, 3.8) is 0 Å². The van der Waals surface area contributed by atoms with E-state index in [1.54, 1.807) is 22.8 Å².